The highest BCUT2D eigenvalue weighted by molar-refractivity contribution is 6.10. The summed E-state index contributed by atoms with van der Waals surface area (Å²) >= 11 is 0. The number of carbonyl (C=O) groups excluding carboxylic acids is 1. The molecule has 4 rings (SSSR count). The Morgan fingerprint density at radius 1 is 1.32 bits per heavy atom. The number of hydrogen-bond acceptors (Lipinski definition) is 6. The first-order chi connectivity index (χ1) is 13.4. The Morgan fingerprint density at radius 3 is 2.82 bits per heavy atom. The molecule has 0 saturated heterocycles. The van der Waals surface area contributed by atoms with Crippen LogP contribution in [0, 0.1) is 6.92 Å². The van der Waals surface area contributed by atoms with Crippen LogP contribution < -0.4 is 15.4 Å². The van der Waals surface area contributed by atoms with Crippen molar-refractivity contribution >= 4 is 22.8 Å². The monoisotopic (exact) mass is 380 g/mol. The molecule has 28 heavy (non-hydrogen) atoms. The third-order valence-electron chi connectivity index (χ3n) is 5.25. The van der Waals surface area contributed by atoms with Gasteiger partial charge in [-0.2, -0.15) is 0 Å². The maximum Gasteiger partial charge on any atom is 0.256 e. The van der Waals surface area contributed by atoms with Gasteiger partial charge in [0.25, 0.3) is 5.91 Å². The van der Waals surface area contributed by atoms with Crippen LogP contribution in [0.4, 0.5) is 5.82 Å². The van der Waals surface area contributed by atoms with Gasteiger partial charge in [-0.3, -0.25) is 4.79 Å². The van der Waals surface area contributed by atoms with E-state index < -0.39 is 0 Å². The minimum Gasteiger partial charge on any atom is -0.497 e. The standard InChI is InChI=1S/C21H24N4O3/c1-12(14-6-5-7-15(10-14)27-4)24-19(26)16-13(2)28-20-17(16)18(22-11-23-20)25-21(3)8-9-21/h5-7,10-12H,8-9H2,1-4H3,(H,24,26)(H,22,23,25)/t12-/m0/s1. The van der Waals surface area contributed by atoms with Gasteiger partial charge in [-0.25, -0.2) is 9.97 Å². The van der Waals surface area contributed by atoms with Crippen molar-refractivity contribution < 1.29 is 13.9 Å². The van der Waals surface area contributed by atoms with Crippen LogP contribution in [-0.2, 0) is 0 Å². The topological polar surface area (TPSA) is 89.3 Å². The third kappa shape index (κ3) is 3.40. The van der Waals surface area contributed by atoms with Crippen LogP contribution >= 0.6 is 0 Å². The predicted molar refractivity (Wildman–Crippen MR) is 107 cm³/mol. The first kappa shape index (κ1) is 18.3. The summed E-state index contributed by atoms with van der Waals surface area (Å²) in [5.74, 6) is 1.70. The molecule has 1 aromatic carbocycles. The van der Waals surface area contributed by atoms with Crippen molar-refractivity contribution in [2.24, 2.45) is 0 Å². The van der Waals surface area contributed by atoms with Gasteiger partial charge in [-0.15, -0.1) is 0 Å². The van der Waals surface area contributed by atoms with Gasteiger partial charge in [-0.05, 0) is 51.3 Å². The van der Waals surface area contributed by atoms with Crippen molar-refractivity contribution in [3.63, 3.8) is 0 Å². The van der Waals surface area contributed by atoms with E-state index in [0.717, 1.165) is 24.2 Å². The number of benzene rings is 1. The van der Waals surface area contributed by atoms with Gasteiger partial charge < -0.3 is 19.8 Å². The first-order valence-electron chi connectivity index (χ1n) is 9.37. The molecule has 1 atom stereocenters. The molecule has 0 radical (unpaired) electrons. The number of nitrogens with zero attached hydrogens (tertiary/aromatic N) is 2. The van der Waals surface area contributed by atoms with Crippen molar-refractivity contribution in [1.82, 2.24) is 15.3 Å². The lowest BCUT2D eigenvalue weighted by atomic mass is 10.1. The fraction of sp³-hybridized carbons (Fsp3) is 0.381. The minimum atomic E-state index is -0.217. The molecule has 0 spiro atoms. The van der Waals surface area contributed by atoms with E-state index in [1.807, 2.05) is 31.2 Å². The fourth-order valence-electron chi connectivity index (χ4n) is 3.27. The molecule has 146 valence electrons. The SMILES string of the molecule is COc1cccc([C@H](C)NC(=O)c2c(C)oc3ncnc(NC4(C)CC4)c23)c1. The van der Waals surface area contributed by atoms with Crippen LogP contribution in [0.15, 0.2) is 35.0 Å². The van der Waals surface area contributed by atoms with Crippen molar-refractivity contribution in [1.29, 1.82) is 0 Å². The van der Waals surface area contributed by atoms with Gasteiger partial charge in [0.1, 0.15) is 23.7 Å². The summed E-state index contributed by atoms with van der Waals surface area (Å²) in [5, 5.41) is 7.12. The molecule has 2 heterocycles. The largest absolute Gasteiger partial charge is 0.497 e. The van der Waals surface area contributed by atoms with E-state index in [1.165, 1.54) is 6.33 Å². The molecular formula is C21H24N4O3. The molecule has 2 aromatic heterocycles. The van der Waals surface area contributed by atoms with E-state index in [1.54, 1.807) is 14.0 Å². The number of rotatable bonds is 6. The second-order valence-corrected chi connectivity index (χ2v) is 7.59. The number of methoxy groups -OCH3 is 1. The molecule has 1 aliphatic rings. The molecule has 1 saturated carbocycles. The van der Waals surface area contributed by atoms with Gasteiger partial charge >= 0.3 is 0 Å². The zero-order valence-electron chi connectivity index (χ0n) is 16.5. The number of amides is 1. The summed E-state index contributed by atoms with van der Waals surface area (Å²) in [5.41, 5.74) is 1.86. The molecule has 0 aliphatic heterocycles. The number of fused-ring (bicyclic) bond motifs is 1. The molecule has 7 nitrogen and oxygen atoms in total. The Bertz CT molecular complexity index is 1040. The number of nitrogens with one attached hydrogen (secondary N) is 2. The lowest BCUT2D eigenvalue weighted by Crippen LogP contribution is -2.27. The first-order valence-corrected chi connectivity index (χ1v) is 9.37. The molecule has 2 N–H and O–H groups in total. The fourth-order valence-corrected chi connectivity index (χ4v) is 3.27. The number of furan rings is 1. The molecule has 7 heteroatoms. The van der Waals surface area contributed by atoms with Crippen molar-refractivity contribution in [2.75, 3.05) is 12.4 Å². The number of aromatic nitrogens is 2. The average Bonchev–Trinajstić information content (AvgIpc) is 3.29. The highest BCUT2D eigenvalue weighted by atomic mass is 16.5. The highest BCUT2D eigenvalue weighted by Crippen LogP contribution is 2.40. The second-order valence-electron chi connectivity index (χ2n) is 7.59. The van der Waals surface area contributed by atoms with E-state index in [4.69, 9.17) is 9.15 Å². The minimum absolute atomic E-state index is 0.0219. The summed E-state index contributed by atoms with van der Waals surface area (Å²) in [6.45, 7) is 5.85. The van der Waals surface area contributed by atoms with Crippen LogP contribution in [0.25, 0.3) is 11.1 Å². The van der Waals surface area contributed by atoms with E-state index in [0.29, 0.717) is 28.2 Å². The number of carbonyl (C=O) groups is 1. The smallest absolute Gasteiger partial charge is 0.256 e. The van der Waals surface area contributed by atoms with Crippen LogP contribution in [0.1, 0.15) is 54.4 Å². The van der Waals surface area contributed by atoms with Crippen LogP contribution in [-0.4, -0.2) is 28.5 Å². The van der Waals surface area contributed by atoms with Crippen LogP contribution in [0.2, 0.25) is 0 Å². The van der Waals surface area contributed by atoms with Gasteiger partial charge in [-0.1, -0.05) is 12.1 Å². The zero-order valence-corrected chi connectivity index (χ0v) is 16.5. The van der Waals surface area contributed by atoms with Crippen LogP contribution in [0.5, 0.6) is 5.75 Å². The van der Waals surface area contributed by atoms with E-state index in [9.17, 15) is 4.79 Å². The van der Waals surface area contributed by atoms with Gasteiger partial charge in [0.15, 0.2) is 0 Å². The molecule has 1 aliphatic carbocycles. The second kappa shape index (κ2) is 6.82. The van der Waals surface area contributed by atoms with E-state index in [2.05, 4.69) is 27.5 Å². The molecular weight excluding hydrogens is 356 g/mol. The third-order valence-corrected chi connectivity index (χ3v) is 5.25. The highest BCUT2D eigenvalue weighted by Gasteiger charge is 2.38. The Morgan fingerprint density at radius 2 is 2.11 bits per heavy atom. The van der Waals surface area contributed by atoms with Gasteiger partial charge in [0, 0.05) is 5.54 Å². The molecule has 0 unspecified atom stereocenters. The van der Waals surface area contributed by atoms with Crippen LogP contribution in [0.3, 0.4) is 0 Å². The molecule has 3 aromatic rings. The summed E-state index contributed by atoms with van der Waals surface area (Å²) in [7, 11) is 1.62. The Balaban J connectivity index is 1.66. The maximum absolute atomic E-state index is 13.1. The number of hydrogen-bond donors (Lipinski definition) is 2. The number of aryl methyl sites for hydroxylation is 1. The number of anilines is 1. The molecule has 1 amide bonds. The Kier molecular flexibility index (Phi) is 4.45. The predicted octanol–water partition coefficient (Wildman–Crippen LogP) is 4.00. The van der Waals surface area contributed by atoms with Crippen molar-refractivity contribution in [3.8, 4) is 5.75 Å². The molecule has 0 bridgehead atoms. The van der Waals surface area contributed by atoms with Gasteiger partial charge in [0.05, 0.1) is 24.1 Å². The quantitative estimate of drug-likeness (QED) is 0.672. The Labute approximate surface area is 163 Å². The summed E-state index contributed by atoms with van der Waals surface area (Å²) in [6, 6.07) is 7.45. The average molecular weight is 380 g/mol. The number of ether oxygens (including phenoxy) is 1. The normalized spacial score (nSPS) is 15.9. The summed E-state index contributed by atoms with van der Waals surface area (Å²) < 4.78 is 11.0. The lowest BCUT2D eigenvalue weighted by molar-refractivity contribution is 0.0939. The summed E-state index contributed by atoms with van der Waals surface area (Å²) in [6.07, 6.45) is 3.60. The van der Waals surface area contributed by atoms with Crippen molar-refractivity contribution in [3.05, 3.63) is 47.5 Å². The van der Waals surface area contributed by atoms with Gasteiger partial charge in [0.2, 0.25) is 5.71 Å². The summed E-state index contributed by atoms with van der Waals surface area (Å²) in [4.78, 5) is 21.7. The van der Waals surface area contributed by atoms with E-state index in [-0.39, 0.29) is 17.5 Å². The molecule has 1 fully saturated rings. The Hall–Kier alpha value is -3.09. The maximum atomic E-state index is 13.1. The van der Waals surface area contributed by atoms with E-state index >= 15 is 0 Å². The van der Waals surface area contributed by atoms with Crippen molar-refractivity contribution in [2.45, 2.75) is 45.2 Å². The zero-order chi connectivity index (χ0) is 19.9. The lowest BCUT2D eigenvalue weighted by Gasteiger charge is -2.16.